The molecule has 0 aliphatic heterocycles. The molecule has 0 bridgehead atoms. The van der Waals surface area contributed by atoms with Crippen molar-refractivity contribution in [2.45, 2.75) is 19.4 Å². The van der Waals surface area contributed by atoms with Crippen molar-refractivity contribution in [2.75, 3.05) is 5.32 Å². The van der Waals surface area contributed by atoms with E-state index >= 15 is 0 Å². The van der Waals surface area contributed by atoms with E-state index in [2.05, 4.69) is 5.32 Å². The van der Waals surface area contributed by atoms with Crippen molar-refractivity contribution in [3.05, 3.63) is 98.8 Å². The minimum atomic E-state index is -1.54. The van der Waals surface area contributed by atoms with Crippen LogP contribution in [0, 0.1) is 24.4 Å². The molecule has 29 heavy (non-hydrogen) atoms. The van der Waals surface area contributed by atoms with Gasteiger partial charge in [0.2, 0.25) is 0 Å². The van der Waals surface area contributed by atoms with E-state index in [1.807, 2.05) is 0 Å². The van der Waals surface area contributed by atoms with Crippen molar-refractivity contribution >= 4 is 34.7 Å². The summed E-state index contributed by atoms with van der Waals surface area (Å²) in [5.74, 6) is -4.37. The zero-order chi connectivity index (χ0) is 21.1. The van der Waals surface area contributed by atoms with Crippen LogP contribution in [0.15, 0.2) is 54.6 Å². The third-order valence-corrected chi connectivity index (χ3v) is 5.17. The molecular weight excluding hydrogens is 422 g/mol. The maximum atomic E-state index is 14.0. The predicted octanol–water partition coefficient (Wildman–Crippen LogP) is 7.15. The monoisotopic (exact) mass is 437 g/mol. The van der Waals surface area contributed by atoms with Crippen molar-refractivity contribution in [3.63, 3.8) is 0 Å². The number of anilines is 1. The van der Waals surface area contributed by atoms with Crippen molar-refractivity contribution in [2.24, 2.45) is 0 Å². The predicted molar refractivity (Wildman–Crippen MR) is 109 cm³/mol. The summed E-state index contributed by atoms with van der Waals surface area (Å²) >= 11 is 12.1. The van der Waals surface area contributed by atoms with Gasteiger partial charge in [-0.1, -0.05) is 41.4 Å². The molecule has 0 amide bonds. The molecule has 1 unspecified atom stereocenters. The van der Waals surface area contributed by atoms with Crippen molar-refractivity contribution in [1.29, 1.82) is 0 Å². The third kappa shape index (κ3) is 4.74. The third-order valence-electron chi connectivity index (χ3n) is 4.57. The van der Waals surface area contributed by atoms with E-state index in [9.17, 15) is 18.0 Å². The Labute approximate surface area is 176 Å². The number of hydrogen-bond acceptors (Lipinski definition) is 2. The second kappa shape index (κ2) is 8.89. The zero-order valence-electron chi connectivity index (χ0n) is 15.3. The fraction of sp³-hybridized carbons (Fsp3) is 0.136. The number of halogens is 5. The van der Waals surface area contributed by atoms with Gasteiger partial charge in [0, 0.05) is 39.3 Å². The Bertz CT molecular complexity index is 1050. The SMILES string of the molecule is Cc1c(NC(CC(=O)c2ccc(Cl)cc2)c2ccccc2Cl)cc(F)c(F)c1F. The second-order valence-electron chi connectivity index (χ2n) is 6.51. The van der Waals surface area contributed by atoms with E-state index in [0.29, 0.717) is 21.2 Å². The van der Waals surface area contributed by atoms with Crippen LogP contribution in [0.4, 0.5) is 18.9 Å². The first-order chi connectivity index (χ1) is 13.8. The topological polar surface area (TPSA) is 29.1 Å². The number of carbonyl (C=O) groups excluding carboxylic acids is 1. The normalized spacial score (nSPS) is 11.9. The largest absolute Gasteiger partial charge is 0.377 e. The molecule has 0 saturated carbocycles. The molecule has 0 radical (unpaired) electrons. The summed E-state index contributed by atoms with van der Waals surface area (Å²) in [6, 6.07) is 13.4. The van der Waals surface area contributed by atoms with Crippen LogP contribution in [0.3, 0.4) is 0 Å². The molecule has 0 aliphatic carbocycles. The second-order valence-corrected chi connectivity index (χ2v) is 7.36. The van der Waals surface area contributed by atoms with Crippen LogP contribution in [0.5, 0.6) is 0 Å². The highest BCUT2D eigenvalue weighted by molar-refractivity contribution is 6.31. The molecule has 0 heterocycles. The molecule has 3 rings (SSSR count). The van der Waals surface area contributed by atoms with E-state index in [-0.39, 0.29) is 23.5 Å². The smallest absolute Gasteiger partial charge is 0.194 e. The van der Waals surface area contributed by atoms with Crippen LogP contribution in [-0.2, 0) is 0 Å². The zero-order valence-corrected chi connectivity index (χ0v) is 16.8. The Morgan fingerprint density at radius 3 is 2.31 bits per heavy atom. The van der Waals surface area contributed by atoms with Crippen molar-refractivity contribution in [3.8, 4) is 0 Å². The number of carbonyl (C=O) groups is 1. The van der Waals surface area contributed by atoms with Gasteiger partial charge in [-0.25, -0.2) is 13.2 Å². The van der Waals surface area contributed by atoms with Crippen LogP contribution >= 0.6 is 23.2 Å². The summed E-state index contributed by atoms with van der Waals surface area (Å²) < 4.78 is 41.2. The highest BCUT2D eigenvalue weighted by atomic mass is 35.5. The molecule has 7 heteroatoms. The first-order valence-corrected chi connectivity index (χ1v) is 9.47. The average Bonchev–Trinajstić information content (AvgIpc) is 2.70. The average molecular weight is 438 g/mol. The molecule has 1 N–H and O–H groups in total. The minimum Gasteiger partial charge on any atom is -0.377 e. The van der Waals surface area contributed by atoms with Gasteiger partial charge in [-0.05, 0) is 42.8 Å². The van der Waals surface area contributed by atoms with Crippen LogP contribution in [-0.4, -0.2) is 5.78 Å². The summed E-state index contributed by atoms with van der Waals surface area (Å²) in [5, 5.41) is 3.83. The van der Waals surface area contributed by atoms with E-state index in [1.54, 1.807) is 48.5 Å². The fourth-order valence-electron chi connectivity index (χ4n) is 2.96. The number of ketones is 1. The van der Waals surface area contributed by atoms with Gasteiger partial charge >= 0.3 is 0 Å². The first kappa shape index (κ1) is 21.2. The summed E-state index contributed by atoms with van der Waals surface area (Å²) in [6.07, 6.45) is -0.0502. The van der Waals surface area contributed by atoms with Crippen molar-refractivity contribution in [1.82, 2.24) is 0 Å². The van der Waals surface area contributed by atoms with Crippen molar-refractivity contribution < 1.29 is 18.0 Å². The van der Waals surface area contributed by atoms with Gasteiger partial charge in [0.1, 0.15) is 0 Å². The van der Waals surface area contributed by atoms with Gasteiger partial charge < -0.3 is 5.32 Å². The van der Waals surface area contributed by atoms with Gasteiger partial charge in [-0.15, -0.1) is 0 Å². The van der Waals surface area contributed by atoms with Crippen LogP contribution < -0.4 is 5.32 Å². The maximum Gasteiger partial charge on any atom is 0.194 e. The summed E-state index contributed by atoms with van der Waals surface area (Å²) in [4.78, 5) is 12.8. The minimum absolute atomic E-state index is 0.0372. The van der Waals surface area contributed by atoms with Gasteiger partial charge in [-0.3, -0.25) is 4.79 Å². The van der Waals surface area contributed by atoms with Crippen LogP contribution in [0.2, 0.25) is 10.0 Å². The maximum absolute atomic E-state index is 14.0. The molecule has 1 atom stereocenters. The highest BCUT2D eigenvalue weighted by Gasteiger charge is 2.23. The molecular formula is C22H16Cl2F3NO. The molecule has 2 nitrogen and oxygen atoms in total. The molecule has 150 valence electrons. The quantitative estimate of drug-likeness (QED) is 0.327. The van der Waals surface area contributed by atoms with E-state index < -0.39 is 23.5 Å². The number of nitrogens with one attached hydrogen (secondary N) is 1. The van der Waals surface area contributed by atoms with Crippen LogP contribution in [0.1, 0.15) is 33.9 Å². The van der Waals surface area contributed by atoms with E-state index in [1.165, 1.54) is 6.92 Å². The Morgan fingerprint density at radius 1 is 1.00 bits per heavy atom. The molecule has 3 aromatic rings. The van der Waals surface area contributed by atoms with E-state index in [4.69, 9.17) is 23.2 Å². The molecule has 0 aliphatic rings. The lowest BCUT2D eigenvalue weighted by Crippen LogP contribution is -2.17. The number of Topliss-reactive ketones (excluding diaryl/α,β-unsaturated/α-hetero) is 1. The number of benzene rings is 3. The highest BCUT2D eigenvalue weighted by Crippen LogP contribution is 2.32. The standard InChI is InChI=1S/C22H16Cl2F3NO/c1-12-18(10-17(25)22(27)21(12)26)28-19(15-4-2-3-5-16(15)24)11-20(29)13-6-8-14(23)9-7-13/h2-10,19,28H,11H2,1H3. The van der Waals surface area contributed by atoms with Gasteiger partial charge in [0.15, 0.2) is 23.2 Å². The van der Waals surface area contributed by atoms with Gasteiger partial charge in [-0.2, -0.15) is 0 Å². The molecule has 0 saturated heterocycles. The molecule has 0 fully saturated rings. The summed E-state index contributed by atoms with van der Waals surface area (Å²) in [7, 11) is 0. The lowest BCUT2D eigenvalue weighted by atomic mass is 9.97. The number of hydrogen-bond donors (Lipinski definition) is 1. The lowest BCUT2D eigenvalue weighted by Gasteiger charge is -2.22. The van der Waals surface area contributed by atoms with Crippen LogP contribution in [0.25, 0.3) is 0 Å². The molecule has 3 aromatic carbocycles. The van der Waals surface area contributed by atoms with Gasteiger partial charge in [0.25, 0.3) is 0 Å². The summed E-state index contributed by atoms with van der Waals surface area (Å²) in [5.41, 5.74) is 0.942. The molecule has 0 spiro atoms. The Balaban J connectivity index is 1.97. The lowest BCUT2D eigenvalue weighted by molar-refractivity contribution is 0.0976. The first-order valence-electron chi connectivity index (χ1n) is 8.71. The van der Waals surface area contributed by atoms with E-state index in [0.717, 1.165) is 6.07 Å². The Morgan fingerprint density at radius 2 is 1.66 bits per heavy atom. The Hall–Kier alpha value is -2.50. The van der Waals surface area contributed by atoms with Gasteiger partial charge in [0.05, 0.1) is 6.04 Å². The summed E-state index contributed by atoms with van der Waals surface area (Å²) in [6.45, 7) is 1.32. The number of rotatable bonds is 6. The fourth-order valence-corrected chi connectivity index (χ4v) is 3.35. The molecule has 0 aromatic heterocycles. The Kier molecular flexibility index (Phi) is 6.50.